The second-order valence-electron chi connectivity index (χ2n) is 5.24. The van der Waals surface area contributed by atoms with Crippen LogP contribution in [0, 0.1) is 5.41 Å². The van der Waals surface area contributed by atoms with E-state index >= 15 is 0 Å². The second kappa shape index (κ2) is 3.89. The number of esters is 1. The van der Waals surface area contributed by atoms with Gasteiger partial charge in [-0.25, -0.2) is 0 Å². The summed E-state index contributed by atoms with van der Waals surface area (Å²) < 4.78 is 5.24. The molecule has 1 N–H and O–H groups in total. The maximum atomic E-state index is 11.5. The van der Waals surface area contributed by atoms with Gasteiger partial charge in [0, 0.05) is 6.61 Å². The second-order valence-corrected chi connectivity index (χ2v) is 5.24. The van der Waals surface area contributed by atoms with Gasteiger partial charge in [0.05, 0.1) is 6.42 Å². The molecule has 0 aromatic heterocycles. The van der Waals surface area contributed by atoms with Crippen molar-refractivity contribution in [3.8, 4) is 0 Å². The summed E-state index contributed by atoms with van der Waals surface area (Å²) in [6, 6.07) is 0. The Balaban J connectivity index is 2.34. The first-order valence-electron chi connectivity index (χ1n) is 5.20. The van der Waals surface area contributed by atoms with Crippen LogP contribution in [0.3, 0.4) is 0 Å². The lowest BCUT2D eigenvalue weighted by Gasteiger charge is -2.21. The summed E-state index contributed by atoms with van der Waals surface area (Å²) in [6.45, 7) is 5.78. The molecule has 0 aliphatic heterocycles. The quantitative estimate of drug-likeness (QED) is 0.705. The Labute approximate surface area is 85.5 Å². The third kappa shape index (κ3) is 3.66. The Morgan fingerprint density at radius 1 is 1.43 bits per heavy atom. The molecule has 1 aliphatic rings. The minimum Gasteiger partial charge on any atom is -0.460 e. The molecule has 1 rings (SSSR count). The van der Waals surface area contributed by atoms with Gasteiger partial charge in [0.25, 0.3) is 0 Å². The highest BCUT2D eigenvalue weighted by Crippen LogP contribution is 2.51. The molecule has 0 aromatic carbocycles. The molecule has 0 aromatic rings. The van der Waals surface area contributed by atoms with Crippen LogP contribution in [0.4, 0.5) is 0 Å². The fraction of sp³-hybridized carbons (Fsp3) is 0.909. The Morgan fingerprint density at radius 2 is 2.00 bits per heavy atom. The molecule has 0 amide bonds. The Kier molecular flexibility index (Phi) is 3.20. The number of hydrogen-bond acceptors (Lipinski definition) is 3. The van der Waals surface area contributed by atoms with E-state index in [0.29, 0.717) is 6.42 Å². The van der Waals surface area contributed by atoms with Crippen molar-refractivity contribution in [1.82, 2.24) is 0 Å². The predicted molar refractivity (Wildman–Crippen MR) is 53.8 cm³/mol. The topological polar surface area (TPSA) is 46.5 Å². The molecule has 0 heterocycles. The minimum atomic E-state index is -0.396. The van der Waals surface area contributed by atoms with Crippen molar-refractivity contribution < 1.29 is 14.6 Å². The van der Waals surface area contributed by atoms with Gasteiger partial charge in [-0.15, -0.1) is 0 Å². The van der Waals surface area contributed by atoms with Crippen LogP contribution in [0.5, 0.6) is 0 Å². The van der Waals surface area contributed by atoms with E-state index < -0.39 is 5.60 Å². The first kappa shape index (κ1) is 11.5. The lowest BCUT2D eigenvalue weighted by molar-refractivity contribution is -0.156. The maximum absolute atomic E-state index is 11.5. The molecule has 0 atom stereocenters. The summed E-state index contributed by atoms with van der Waals surface area (Å²) in [5.41, 5.74) is -0.330. The highest BCUT2D eigenvalue weighted by atomic mass is 16.6. The maximum Gasteiger partial charge on any atom is 0.306 e. The predicted octanol–water partition coefficient (Wildman–Crippen LogP) is 1.88. The summed E-state index contributed by atoms with van der Waals surface area (Å²) in [6.07, 6.45) is 3.29. The van der Waals surface area contributed by atoms with Gasteiger partial charge >= 0.3 is 5.97 Å². The molecule has 1 aliphatic carbocycles. The molecule has 3 heteroatoms. The van der Waals surface area contributed by atoms with Crippen LogP contribution < -0.4 is 0 Å². The highest BCUT2D eigenvalue weighted by molar-refractivity contribution is 5.71. The Hall–Kier alpha value is -0.570. The van der Waals surface area contributed by atoms with Crippen molar-refractivity contribution >= 4 is 5.97 Å². The van der Waals surface area contributed by atoms with Gasteiger partial charge in [0.2, 0.25) is 0 Å². The number of rotatable bonds is 4. The average molecular weight is 200 g/mol. The molecular weight excluding hydrogens is 180 g/mol. The van der Waals surface area contributed by atoms with Crippen LogP contribution in [0.1, 0.15) is 46.5 Å². The van der Waals surface area contributed by atoms with Gasteiger partial charge in [-0.3, -0.25) is 4.79 Å². The zero-order chi connectivity index (χ0) is 10.8. The van der Waals surface area contributed by atoms with Crippen molar-refractivity contribution in [3.05, 3.63) is 0 Å². The monoisotopic (exact) mass is 200 g/mol. The number of aliphatic hydroxyl groups excluding tert-OH is 1. The van der Waals surface area contributed by atoms with E-state index in [9.17, 15) is 4.79 Å². The summed E-state index contributed by atoms with van der Waals surface area (Å²) >= 11 is 0. The zero-order valence-corrected chi connectivity index (χ0v) is 9.30. The van der Waals surface area contributed by atoms with E-state index in [1.807, 2.05) is 20.8 Å². The largest absolute Gasteiger partial charge is 0.460 e. The Bertz CT molecular complexity index is 211. The number of ether oxygens (including phenoxy) is 1. The zero-order valence-electron chi connectivity index (χ0n) is 9.30. The standard InChI is InChI=1S/C11H20O3/c1-10(2,3)14-9(13)8-11(4-5-11)6-7-12/h12H,4-8H2,1-3H3. The van der Waals surface area contributed by atoms with E-state index in [-0.39, 0.29) is 18.0 Å². The normalized spacial score (nSPS) is 19.1. The Morgan fingerprint density at radius 3 is 2.36 bits per heavy atom. The lowest BCUT2D eigenvalue weighted by atomic mass is 9.99. The summed E-state index contributed by atoms with van der Waals surface area (Å²) in [5.74, 6) is -0.136. The van der Waals surface area contributed by atoms with Crippen molar-refractivity contribution in [3.63, 3.8) is 0 Å². The van der Waals surface area contributed by atoms with Crippen molar-refractivity contribution in [2.45, 2.75) is 52.1 Å². The van der Waals surface area contributed by atoms with Crippen LogP contribution in [-0.4, -0.2) is 23.3 Å². The molecule has 1 saturated carbocycles. The van der Waals surface area contributed by atoms with Gasteiger partial charge in [-0.05, 0) is 45.4 Å². The van der Waals surface area contributed by atoms with Crippen LogP contribution >= 0.6 is 0 Å². The molecule has 0 unspecified atom stereocenters. The van der Waals surface area contributed by atoms with Crippen LogP contribution in [0.2, 0.25) is 0 Å². The molecular formula is C11H20O3. The van der Waals surface area contributed by atoms with Crippen molar-refractivity contribution in [2.75, 3.05) is 6.61 Å². The van der Waals surface area contributed by atoms with E-state index in [2.05, 4.69) is 0 Å². The fourth-order valence-electron chi connectivity index (χ4n) is 1.61. The van der Waals surface area contributed by atoms with E-state index in [4.69, 9.17) is 9.84 Å². The first-order chi connectivity index (χ1) is 6.37. The fourth-order valence-corrected chi connectivity index (χ4v) is 1.61. The minimum absolute atomic E-state index is 0.0666. The third-order valence-corrected chi connectivity index (χ3v) is 2.54. The molecule has 0 bridgehead atoms. The van der Waals surface area contributed by atoms with E-state index in [1.165, 1.54) is 0 Å². The number of carbonyl (C=O) groups excluding carboxylic acids is 1. The number of aliphatic hydroxyl groups is 1. The number of carbonyl (C=O) groups is 1. The van der Waals surface area contributed by atoms with E-state index in [1.54, 1.807) is 0 Å². The van der Waals surface area contributed by atoms with Crippen LogP contribution in [0.25, 0.3) is 0 Å². The molecule has 0 spiro atoms. The van der Waals surface area contributed by atoms with Crippen LogP contribution in [0.15, 0.2) is 0 Å². The van der Waals surface area contributed by atoms with Gasteiger partial charge < -0.3 is 9.84 Å². The molecule has 0 saturated heterocycles. The van der Waals surface area contributed by atoms with Gasteiger partial charge in [-0.1, -0.05) is 0 Å². The van der Waals surface area contributed by atoms with Gasteiger partial charge in [0.1, 0.15) is 5.60 Å². The molecule has 1 fully saturated rings. The van der Waals surface area contributed by atoms with Gasteiger partial charge in [0.15, 0.2) is 0 Å². The van der Waals surface area contributed by atoms with Crippen LogP contribution in [-0.2, 0) is 9.53 Å². The summed E-state index contributed by atoms with van der Waals surface area (Å²) in [5, 5.41) is 8.84. The SMILES string of the molecule is CC(C)(C)OC(=O)CC1(CCO)CC1. The summed E-state index contributed by atoms with van der Waals surface area (Å²) in [4.78, 5) is 11.5. The molecule has 14 heavy (non-hydrogen) atoms. The molecule has 0 radical (unpaired) electrons. The van der Waals surface area contributed by atoms with E-state index in [0.717, 1.165) is 19.3 Å². The van der Waals surface area contributed by atoms with Crippen molar-refractivity contribution in [1.29, 1.82) is 0 Å². The smallest absolute Gasteiger partial charge is 0.306 e. The highest BCUT2D eigenvalue weighted by Gasteiger charge is 2.44. The van der Waals surface area contributed by atoms with Gasteiger partial charge in [-0.2, -0.15) is 0 Å². The number of hydrogen-bond donors (Lipinski definition) is 1. The summed E-state index contributed by atoms with van der Waals surface area (Å²) in [7, 11) is 0. The van der Waals surface area contributed by atoms with Crippen molar-refractivity contribution in [2.24, 2.45) is 5.41 Å². The molecule has 82 valence electrons. The molecule has 3 nitrogen and oxygen atoms in total. The lowest BCUT2D eigenvalue weighted by Crippen LogP contribution is -2.25. The average Bonchev–Trinajstić information content (AvgIpc) is 2.64. The first-order valence-corrected chi connectivity index (χ1v) is 5.20. The third-order valence-electron chi connectivity index (χ3n) is 2.54.